The van der Waals surface area contributed by atoms with Crippen molar-refractivity contribution in [1.29, 1.82) is 0 Å². The molecule has 0 aromatic carbocycles. The number of aromatic nitrogens is 1. The molecule has 0 radical (unpaired) electrons. The summed E-state index contributed by atoms with van der Waals surface area (Å²) in [5, 5.41) is 9.49. The third-order valence-corrected chi connectivity index (χ3v) is 6.69. The van der Waals surface area contributed by atoms with Crippen molar-refractivity contribution in [3.05, 3.63) is 23.9 Å². The lowest BCUT2D eigenvalue weighted by Crippen LogP contribution is -2.48. The van der Waals surface area contributed by atoms with Crippen LogP contribution in [-0.4, -0.2) is 67.9 Å². The van der Waals surface area contributed by atoms with Crippen LogP contribution in [-0.2, 0) is 4.74 Å². The van der Waals surface area contributed by atoms with Crippen LogP contribution in [0.1, 0.15) is 55.3 Å². The lowest BCUT2D eigenvalue weighted by atomic mass is 9.83. The van der Waals surface area contributed by atoms with E-state index in [1.54, 1.807) is 13.3 Å². The van der Waals surface area contributed by atoms with Crippen LogP contribution < -0.4 is 10.3 Å². The third kappa shape index (κ3) is 5.38. The summed E-state index contributed by atoms with van der Waals surface area (Å²) in [4.78, 5) is 19.9. The van der Waals surface area contributed by atoms with E-state index in [4.69, 9.17) is 4.74 Å². The Morgan fingerprint density at radius 2 is 2.10 bits per heavy atom. The molecule has 1 amide bonds. The molecule has 7 heteroatoms. The summed E-state index contributed by atoms with van der Waals surface area (Å²) in [5.41, 5.74) is 0.629. The predicted octanol–water partition coefficient (Wildman–Crippen LogP) is 2.92. The fraction of sp³-hybridized carbons (Fsp3) is 0.696. The second kappa shape index (κ2) is 10.4. The van der Waals surface area contributed by atoms with E-state index in [9.17, 15) is 4.79 Å². The number of hydrogen-bond acceptors (Lipinski definition) is 6. The summed E-state index contributed by atoms with van der Waals surface area (Å²) in [7, 11) is 1.80. The number of nitrogens with one attached hydrogen (secondary N) is 1. The van der Waals surface area contributed by atoms with Gasteiger partial charge in [0.2, 0.25) is 0 Å². The van der Waals surface area contributed by atoms with E-state index >= 15 is 0 Å². The van der Waals surface area contributed by atoms with Gasteiger partial charge in [0.25, 0.3) is 5.91 Å². The second-order valence-electron chi connectivity index (χ2n) is 8.96. The standard InChI is InChI=1S/C23H35N5O2/c1-30-17-18-6-4-12-27(15-18)16-20-7-2-3-8-21(20)26-23(29)19-9-10-22(24-14-19)28-13-5-11-25-28/h9-11,14,18,20-21H,2-8,12-13,15-17H2,1H3,(H,26,29)/t18?,20-,21+/m0/s1. The first kappa shape index (κ1) is 21.2. The highest BCUT2D eigenvalue weighted by Gasteiger charge is 2.30. The minimum absolute atomic E-state index is 0.00761. The van der Waals surface area contributed by atoms with Gasteiger partial charge in [0.05, 0.1) is 12.2 Å². The van der Waals surface area contributed by atoms with Crippen LogP contribution in [0.25, 0.3) is 0 Å². The van der Waals surface area contributed by atoms with Crippen LogP contribution in [0.15, 0.2) is 23.4 Å². The van der Waals surface area contributed by atoms with Crippen LogP contribution in [0, 0.1) is 11.8 Å². The number of carbonyl (C=O) groups is 1. The highest BCUT2D eigenvalue weighted by atomic mass is 16.5. The third-order valence-electron chi connectivity index (χ3n) is 6.69. The van der Waals surface area contributed by atoms with E-state index in [2.05, 4.69) is 20.3 Å². The topological polar surface area (TPSA) is 70.1 Å². The van der Waals surface area contributed by atoms with Crippen molar-refractivity contribution in [2.24, 2.45) is 16.9 Å². The normalized spacial score (nSPS) is 27.4. The van der Waals surface area contributed by atoms with Gasteiger partial charge in [-0.15, -0.1) is 0 Å². The monoisotopic (exact) mass is 413 g/mol. The first-order chi connectivity index (χ1) is 14.7. The van der Waals surface area contributed by atoms with E-state index in [0.29, 0.717) is 17.4 Å². The van der Waals surface area contributed by atoms with Gasteiger partial charge < -0.3 is 15.0 Å². The molecule has 3 atom stereocenters. The number of ether oxygens (including phenoxy) is 1. The molecule has 1 saturated heterocycles. The zero-order valence-electron chi connectivity index (χ0n) is 18.1. The Morgan fingerprint density at radius 1 is 1.20 bits per heavy atom. The van der Waals surface area contributed by atoms with Crippen molar-refractivity contribution in [3.8, 4) is 0 Å². The second-order valence-corrected chi connectivity index (χ2v) is 8.96. The van der Waals surface area contributed by atoms with Crippen molar-refractivity contribution < 1.29 is 9.53 Å². The van der Waals surface area contributed by atoms with Crippen molar-refractivity contribution in [2.45, 2.75) is 51.0 Å². The fourth-order valence-electron chi connectivity index (χ4n) is 5.13. The Bertz CT molecular complexity index is 721. The van der Waals surface area contributed by atoms with Crippen molar-refractivity contribution in [3.63, 3.8) is 0 Å². The van der Waals surface area contributed by atoms with Crippen LogP contribution in [0.5, 0.6) is 0 Å². The van der Waals surface area contributed by atoms with Gasteiger partial charge in [-0.1, -0.05) is 12.8 Å². The molecule has 1 N–H and O–H groups in total. The SMILES string of the molecule is COCC1CCCN(C[C@@H]2CCCC[C@H]2NC(=O)c2ccc(N3CCC=N3)nc2)C1. The zero-order valence-corrected chi connectivity index (χ0v) is 18.1. The Labute approximate surface area is 179 Å². The van der Waals surface area contributed by atoms with Gasteiger partial charge in [-0.2, -0.15) is 5.10 Å². The van der Waals surface area contributed by atoms with Gasteiger partial charge in [0.15, 0.2) is 0 Å². The van der Waals surface area contributed by atoms with E-state index in [1.807, 2.05) is 23.4 Å². The highest BCUT2D eigenvalue weighted by molar-refractivity contribution is 5.94. The zero-order chi connectivity index (χ0) is 20.8. The molecule has 3 heterocycles. The first-order valence-electron chi connectivity index (χ1n) is 11.5. The Balaban J connectivity index is 1.33. The Hall–Kier alpha value is -1.99. The van der Waals surface area contributed by atoms with Gasteiger partial charge in [0, 0.05) is 51.6 Å². The Morgan fingerprint density at radius 3 is 2.87 bits per heavy atom. The van der Waals surface area contributed by atoms with Gasteiger partial charge in [-0.05, 0) is 56.2 Å². The van der Waals surface area contributed by atoms with E-state index in [-0.39, 0.29) is 11.9 Å². The van der Waals surface area contributed by atoms with E-state index in [1.165, 1.54) is 38.6 Å². The van der Waals surface area contributed by atoms with E-state index in [0.717, 1.165) is 44.9 Å². The summed E-state index contributed by atoms with van der Waals surface area (Å²) in [5.74, 6) is 1.96. The van der Waals surface area contributed by atoms with Gasteiger partial charge >= 0.3 is 0 Å². The molecule has 1 aromatic rings. The molecule has 1 unspecified atom stereocenters. The minimum Gasteiger partial charge on any atom is -0.384 e. The fourth-order valence-corrected chi connectivity index (χ4v) is 5.13. The van der Waals surface area contributed by atoms with Gasteiger partial charge in [-0.3, -0.25) is 4.79 Å². The number of likely N-dealkylation sites (tertiary alicyclic amines) is 1. The molecule has 1 aromatic heterocycles. The smallest absolute Gasteiger partial charge is 0.253 e. The first-order valence-corrected chi connectivity index (χ1v) is 11.5. The number of hydrogen-bond donors (Lipinski definition) is 1. The molecule has 2 aliphatic heterocycles. The molecule has 0 spiro atoms. The summed E-state index contributed by atoms with van der Waals surface area (Å²) < 4.78 is 5.38. The van der Waals surface area contributed by atoms with Crippen LogP contribution in [0.4, 0.5) is 5.82 Å². The number of nitrogens with zero attached hydrogens (tertiary/aromatic N) is 4. The maximum atomic E-state index is 12.9. The molecule has 30 heavy (non-hydrogen) atoms. The molecule has 1 saturated carbocycles. The molecule has 3 aliphatic rings. The number of amides is 1. The number of hydrazone groups is 1. The molecule has 164 valence electrons. The van der Waals surface area contributed by atoms with Gasteiger partial charge in [0.1, 0.15) is 5.82 Å². The van der Waals surface area contributed by atoms with Crippen LogP contribution in [0.2, 0.25) is 0 Å². The number of pyridine rings is 1. The summed E-state index contributed by atoms with van der Waals surface area (Å²) in [6.07, 6.45) is 11.7. The largest absolute Gasteiger partial charge is 0.384 e. The highest BCUT2D eigenvalue weighted by Crippen LogP contribution is 2.28. The minimum atomic E-state index is -0.00761. The summed E-state index contributed by atoms with van der Waals surface area (Å²) in [6.45, 7) is 5.07. The van der Waals surface area contributed by atoms with Crippen LogP contribution >= 0.6 is 0 Å². The average Bonchev–Trinajstić information content (AvgIpc) is 3.31. The maximum Gasteiger partial charge on any atom is 0.253 e. The Kier molecular flexibility index (Phi) is 7.33. The number of methoxy groups -OCH3 is 1. The summed E-state index contributed by atoms with van der Waals surface area (Å²) >= 11 is 0. The van der Waals surface area contributed by atoms with Crippen molar-refractivity contribution in [1.82, 2.24) is 15.2 Å². The van der Waals surface area contributed by atoms with E-state index < -0.39 is 0 Å². The number of piperidine rings is 1. The number of anilines is 1. The van der Waals surface area contributed by atoms with Crippen molar-refractivity contribution in [2.75, 3.05) is 44.9 Å². The molecule has 7 nitrogen and oxygen atoms in total. The van der Waals surface area contributed by atoms with Gasteiger partial charge in [-0.25, -0.2) is 9.99 Å². The molecular formula is C23H35N5O2. The van der Waals surface area contributed by atoms with Crippen molar-refractivity contribution >= 4 is 17.9 Å². The number of rotatable bonds is 7. The number of carbonyl (C=O) groups excluding carboxylic acids is 1. The maximum absolute atomic E-state index is 12.9. The summed E-state index contributed by atoms with van der Waals surface area (Å²) in [6, 6.07) is 4.00. The molecule has 4 rings (SSSR count). The predicted molar refractivity (Wildman–Crippen MR) is 119 cm³/mol. The quantitative estimate of drug-likeness (QED) is 0.744. The lowest BCUT2D eigenvalue weighted by Gasteiger charge is -2.39. The molecule has 0 bridgehead atoms. The molecule has 2 fully saturated rings. The molecule has 1 aliphatic carbocycles. The molecular weight excluding hydrogens is 378 g/mol. The lowest BCUT2D eigenvalue weighted by molar-refractivity contribution is 0.0697. The average molecular weight is 414 g/mol. The van der Waals surface area contributed by atoms with Crippen LogP contribution in [0.3, 0.4) is 0 Å².